The maximum Gasteiger partial charge on any atom is 0.416 e. The van der Waals surface area contributed by atoms with E-state index in [4.69, 9.17) is 4.74 Å². The number of likely N-dealkylation sites (N-methyl/N-ethyl adjacent to an activating group) is 1. The molecule has 242 valence electrons. The summed E-state index contributed by atoms with van der Waals surface area (Å²) in [7, 11) is 4.10. The molecule has 2 atom stereocenters. The number of piperidine rings is 1. The van der Waals surface area contributed by atoms with Gasteiger partial charge in [0, 0.05) is 58.4 Å². The van der Waals surface area contributed by atoms with Crippen LogP contribution in [0.4, 0.5) is 41.2 Å². The molecule has 0 N–H and O–H groups in total. The van der Waals surface area contributed by atoms with Gasteiger partial charge in [-0.1, -0.05) is 12.1 Å². The number of hydrogen-bond acceptors (Lipinski definition) is 4. The summed E-state index contributed by atoms with van der Waals surface area (Å²) in [6.45, 7) is 3.08. The van der Waals surface area contributed by atoms with Crippen molar-refractivity contribution in [1.82, 2.24) is 14.7 Å². The highest BCUT2D eigenvalue weighted by Gasteiger charge is 2.43. The van der Waals surface area contributed by atoms with Gasteiger partial charge in [0.2, 0.25) is 5.91 Å². The lowest BCUT2D eigenvalue weighted by Crippen LogP contribution is -2.48. The zero-order chi connectivity index (χ0) is 32.4. The maximum atomic E-state index is 13.7. The molecule has 0 saturated carbocycles. The Labute approximate surface area is 251 Å². The van der Waals surface area contributed by atoms with Crippen LogP contribution in [0.5, 0.6) is 0 Å². The first-order chi connectivity index (χ1) is 20.6. The van der Waals surface area contributed by atoms with Crippen LogP contribution < -0.4 is 4.90 Å². The number of anilines is 1. The Morgan fingerprint density at radius 1 is 0.909 bits per heavy atom. The molecule has 0 radical (unpaired) electrons. The van der Waals surface area contributed by atoms with E-state index in [1.54, 1.807) is 24.1 Å². The predicted molar refractivity (Wildman–Crippen MR) is 149 cm³/mol. The van der Waals surface area contributed by atoms with E-state index in [0.717, 1.165) is 31.6 Å². The number of amides is 3. The molecular formula is C30H35F7N4O3. The van der Waals surface area contributed by atoms with Crippen molar-refractivity contribution >= 4 is 17.6 Å². The molecule has 2 aromatic carbocycles. The van der Waals surface area contributed by atoms with Gasteiger partial charge in [-0.05, 0) is 61.8 Å². The van der Waals surface area contributed by atoms with E-state index in [0.29, 0.717) is 37.1 Å². The SMILES string of the molecule is COCCN1CCC(C(=O)N2C[C@@H](N(C)C(=O)N(C)c3cc(C(F)(F)F)cc(C(F)(F)F)c3)[C@H](c3ccc(F)cc3)C2)CC1. The van der Waals surface area contributed by atoms with Crippen LogP contribution >= 0.6 is 0 Å². The summed E-state index contributed by atoms with van der Waals surface area (Å²) in [5.74, 6) is -1.29. The summed E-state index contributed by atoms with van der Waals surface area (Å²) in [5, 5.41) is 0. The second-order valence-electron chi connectivity index (χ2n) is 11.3. The minimum absolute atomic E-state index is 0.00137. The van der Waals surface area contributed by atoms with E-state index < -0.39 is 53.0 Å². The standard InChI is InChI=1S/C30H35F7N4O3/c1-38(24-15-21(29(32,33)34)14-22(16-24)30(35,36)37)28(43)39(2)26-18-41(17-25(26)19-4-6-23(31)7-5-19)27(42)20-8-10-40(11-9-20)12-13-44-3/h4-7,14-16,20,25-26H,8-13,17-18H2,1-3H3/t25-,26+/m0/s1. The number of hydrogen-bond donors (Lipinski definition) is 0. The number of alkyl halides is 6. The van der Waals surface area contributed by atoms with Crippen molar-refractivity contribution in [2.24, 2.45) is 5.92 Å². The summed E-state index contributed by atoms with van der Waals surface area (Å²) in [5.41, 5.74) is -3.03. The van der Waals surface area contributed by atoms with Gasteiger partial charge in [-0.3, -0.25) is 9.69 Å². The lowest BCUT2D eigenvalue weighted by molar-refractivity contribution is -0.143. The molecule has 0 aliphatic carbocycles. The summed E-state index contributed by atoms with van der Waals surface area (Å²) in [6, 6.07) is 5.01. The van der Waals surface area contributed by atoms with Crippen molar-refractivity contribution in [3.05, 3.63) is 65.0 Å². The van der Waals surface area contributed by atoms with Gasteiger partial charge >= 0.3 is 18.4 Å². The third-order valence-electron chi connectivity index (χ3n) is 8.49. The average molecular weight is 633 g/mol. The van der Waals surface area contributed by atoms with Gasteiger partial charge in [-0.25, -0.2) is 9.18 Å². The van der Waals surface area contributed by atoms with E-state index in [2.05, 4.69) is 4.90 Å². The number of ether oxygens (including phenoxy) is 1. The molecule has 2 aromatic rings. The Bertz CT molecular complexity index is 1280. The molecule has 4 rings (SSSR count). The molecule has 0 bridgehead atoms. The molecular weight excluding hydrogens is 597 g/mol. The fourth-order valence-electron chi connectivity index (χ4n) is 5.90. The quantitative estimate of drug-likeness (QED) is 0.368. The number of benzene rings is 2. The topological polar surface area (TPSA) is 56.3 Å². The largest absolute Gasteiger partial charge is 0.416 e. The number of carbonyl (C=O) groups is 2. The number of carbonyl (C=O) groups excluding carboxylic acids is 2. The Hall–Kier alpha value is -3.39. The number of likely N-dealkylation sites (tertiary alicyclic amines) is 2. The van der Waals surface area contributed by atoms with Crippen LogP contribution in [-0.4, -0.2) is 93.2 Å². The van der Waals surface area contributed by atoms with Gasteiger partial charge in [0.25, 0.3) is 0 Å². The molecule has 3 amide bonds. The van der Waals surface area contributed by atoms with Crippen LogP contribution in [0.1, 0.15) is 35.4 Å². The first-order valence-electron chi connectivity index (χ1n) is 14.2. The predicted octanol–water partition coefficient (Wildman–Crippen LogP) is 5.70. The van der Waals surface area contributed by atoms with Gasteiger partial charge in [0.15, 0.2) is 0 Å². The van der Waals surface area contributed by atoms with Gasteiger partial charge in [-0.15, -0.1) is 0 Å². The van der Waals surface area contributed by atoms with Crippen molar-refractivity contribution in [3.63, 3.8) is 0 Å². The van der Waals surface area contributed by atoms with Crippen LogP contribution in [0, 0.1) is 11.7 Å². The summed E-state index contributed by atoms with van der Waals surface area (Å²) < 4.78 is 99.7. The number of rotatable bonds is 7. The summed E-state index contributed by atoms with van der Waals surface area (Å²) in [4.78, 5) is 33.0. The lowest BCUT2D eigenvalue weighted by Gasteiger charge is -2.34. The van der Waals surface area contributed by atoms with Gasteiger partial charge in [0.05, 0.1) is 23.8 Å². The highest BCUT2D eigenvalue weighted by atomic mass is 19.4. The Balaban J connectivity index is 1.57. The van der Waals surface area contributed by atoms with Crippen LogP contribution in [0.25, 0.3) is 0 Å². The lowest BCUT2D eigenvalue weighted by atomic mass is 9.93. The summed E-state index contributed by atoms with van der Waals surface area (Å²) in [6.07, 6.45) is -8.88. The molecule has 7 nitrogen and oxygen atoms in total. The van der Waals surface area contributed by atoms with Crippen molar-refractivity contribution in [2.75, 3.05) is 65.4 Å². The van der Waals surface area contributed by atoms with E-state index in [-0.39, 0.29) is 31.0 Å². The number of nitrogens with zero attached hydrogens (tertiary/aromatic N) is 4. The monoisotopic (exact) mass is 632 g/mol. The zero-order valence-electron chi connectivity index (χ0n) is 24.6. The number of methoxy groups -OCH3 is 1. The Kier molecular flexibility index (Phi) is 10.1. The fourth-order valence-corrected chi connectivity index (χ4v) is 5.90. The van der Waals surface area contributed by atoms with E-state index in [1.807, 2.05) is 0 Å². The first-order valence-corrected chi connectivity index (χ1v) is 14.2. The highest BCUT2D eigenvalue weighted by molar-refractivity contribution is 5.92. The molecule has 0 spiro atoms. The molecule has 2 heterocycles. The summed E-state index contributed by atoms with van der Waals surface area (Å²) >= 11 is 0. The van der Waals surface area contributed by atoms with E-state index in [9.17, 15) is 40.3 Å². The third kappa shape index (κ3) is 7.63. The fraction of sp³-hybridized carbons (Fsp3) is 0.533. The van der Waals surface area contributed by atoms with Crippen molar-refractivity contribution in [3.8, 4) is 0 Å². The average Bonchev–Trinajstić information content (AvgIpc) is 3.43. The molecule has 0 unspecified atom stereocenters. The van der Waals surface area contributed by atoms with Crippen molar-refractivity contribution < 1.29 is 45.1 Å². The second kappa shape index (κ2) is 13.3. The minimum Gasteiger partial charge on any atom is -0.383 e. The molecule has 2 fully saturated rings. The number of halogens is 7. The first kappa shape index (κ1) is 33.5. The molecule has 2 saturated heterocycles. The minimum atomic E-state index is -5.08. The molecule has 0 aromatic heterocycles. The second-order valence-corrected chi connectivity index (χ2v) is 11.3. The van der Waals surface area contributed by atoms with Crippen LogP contribution in [0.2, 0.25) is 0 Å². The van der Waals surface area contributed by atoms with Gasteiger partial charge in [-0.2, -0.15) is 26.3 Å². The van der Waals surface area contributed by atoms with Crippen LogP contribution in [0.15, 0.2) is 42.5 Å². The van der Waals surface area contributed by atoms with Gasteiger partial charge < -0.3 is 19.4 Å². The smallest absolute Gasteiger partial charge is 0.383 e. The maximum absolute atomic E-state index is 13.7. The van der Waals surface area contributed by atoms with E-state index in [1.165, 1.54) is 24.1 Å². The number of urea groups is 1. The Morgan fingerprint density at radius 3 is 2.00 bits per heavy atom. The van der Waals surface area contributed by atoms with Crippen LogP contribution in [-0.2, 0) is 21.9 Å². The van der Waals surface area contributed by atoms with Crippen LogP contribution in [0.3, 0.4) is 0 Å². The normalized spacial score (nSPS) is 20.2. The molecule has 14 heteroatoms. The molecule has 44 heavy (non-hydrogen) atoms. The van der Waals surface area contributed by atoms with Crippen molar-refractivity contribution in [1.29, 1.82) is 0 Å². The molecule has 2 aliphatic heterocycles. The Morgan fingerprint density at radius 2 is 1.48 bits per heavy atom. The molecule has 2 aliphatic rings. The zero-order valence-corrected chi connectivity index (χ0v) is 24.6. The van der Waals surface area contributed by atoms with Crippen molar-refractivity contribution in [2.45, 2.75) is 37.2 Å². The third-order valence-corrected chi connectivity index (χ3v) is 8.49. The van der Waals surface area contributed by atoms with E-state index >= 15 is 0 Å². The van der Waals surface area contributed by atoms with Gasteiger partial charge in [0.1, 0.15) is 5.82 Å². The highest BCUT2D eigenvalue weighted by Crippen LogP contribution is 2.39.